The summed E-state index contributed by atoms with van der Waals surface area (Å²) in [5.41, 5.74) is -0.498. The Bertz CT molecular complexity index is 341. The molecule has 2 atom stereocenters. The Labute approximate surface area is 109 Å². The van der Waals surface area contributed by atoms with Gasteiger partial charge in [-0.3, -0.25) is 4.79 Å². The maximum absolute atomic E-state index is 11.5. The van der Waals surface area contributed by atoms with E-state index in [1.165, 1.54) is 0 Å². The largest absolute Gasteiger partial charge is 0.444 e. The summed E-state index contributed by atoms with van der Waals surface area (Å²) < 4.78 is 5.18. The molecule has 0 unspecified atom stereocenters. The Balaban J connectivity index is 2.39. The molecule has 4 heteroatoms. The molecule has 18 heavy (non-hydrogen) atoms. The number of ketones is 1. The van der Waals surface area contributed by atoms with Gasteiger partial charge in [0.05, 0.1) is 0 Å². The third-order valence-corrected chi connectivity index (χ3v) is 3.85. The first-order chi connectivity index (χ1) is 8.04. The lowest BCUT2D eigenvalue weighted by molar-refractivity contribution is -0.135. The third-order valence-electron chi connectivity index (χ3n) is 3.85. The first-order valence-corrected chi connectivity index (χ1v) is 6.51. The predicted molar refractivity (Wildman–Crippen MR) is 70.3 cm³/mol. The standard InChI is InChI=1S/C14H25NO3/c1-9(16)11-7-10(14(11,5)6)8-15-12(17)18-13(2,3)4/h10-11H,7-8H2,1-6H3,(H,15,17)/t10-,11+/m0/s1. The van der Waals surface area contributed by atoms with Crippen molar-refractivity contribution in [1.29, 1.82) is 0 Å². The number of Topliss-reactive ketones (excluding diaryl/α,β-unsaturated/α-hetero) is 1. The first kappa shape index (κ1) is 15.0. The lowest BCUT2D eigenvalue weighted by atomic mass is 9.53. The van der Waals surface area contributed by atoms with Crippen molar-refractivity contribution >= 4 is 11.9 Å². The maximum atomic E-state index is 11.5. The van der Waals surface area contributed by atoms with Crippen LogP contribution in [0.25, 0.3) is 0 Å². The summed E-state index contributed by atoms with van der Waals surface area (Å²) in [4.78, 5) is 22.9. The molecule has 1 fully saturated rings. The molecule has 1 aliphatic rings. The SMILES string of the molecule is CC(=O)[C@H]1C[C@@H](CNC(=O)OC(C)(C)C)C1(C)C. The lowest BCUT2D eigenvalue weighted by Gasteiger charge is -2.51. The number of hydrogen-bond acceptors (Lipinski definition) is 3. The van der Waals surface area contributed by atoms with Crippen LogP contribution in [0.1, 0.15) is 48.0 Å². The van der Waals surface area contributed by atoms with Gasteiger partial charge in [-0.1, -0.05) is 13.8 Å². The Kier molecular flexibility index (Phi) is 4.08. The van der Waals surface area contributed by atoms with Crippen LogP contribution in [0.15, 0.2) is 0 Å². The van der Waals surface area contributed by atoms with E-state index in [4.69, 9.17) is 4.74 Å². The van der Waals surface area contributed by atoms with Crippen molar-refractivity contribution in [1.82, 2.24) is 5.32 Å². The number of carbonyl (C=O) groups excluding carboxylic acids is 2. The van der Waals surface area contributed by atoms with Crippen molar-refractivity contribution in [3.05, 3.63) is 0 Å². The fourth-order valence-electron chi connectivity index (χ4n) is 2.57. The second-order valence-electron chi connectivity index (χ2n) is 6.80. The van der Waals surface area contributed by atoms with E-state index in [9.17, 15) is 9.59 Å². The Morgan fingerprint density at radius 1 is 1.33 bits per heavy atom. The number of carbonyl (C=O) groups is 2. The molecule has 0 saturated heterocycles. The van der Waals surface area contributed by atoms with E-state index in [1.54, 1.807) is 6.92 Å². The fourth-order valence-corrected chi connectivity index (χ4v) is 2.57. The predicted octanol–water partition coefficient (Wildman–Crippen LogP) is 2.76. The number of ether oxygens (including phenoxy) is 1. The first-order valence-electron chi connectivity index (χ1n) is 6.51. The van der Waals surface area contributed by atoms with E-state index in [0.29, 0.717) is 12.5 Å². The molecule has 1 N–H and O–H groups in total. The summed E-state index contributed by atoms with van der Waals surface area (Å²) in [5.74, 6) is 0.718. The average Bonchev–Trinajstić information content (AvgIpc) is 2.12. The molecule has 0 aromatic carbocycles. The van der Waals surface area contributed by atoms with Gasteiger partial charge >= 0.3 is 6.09 Å². The molecule has 1 saturated carbocycles. The number of amides is 1. The lowest BCUT2D eigenvalue weighted by Crippen LogP contribution is -2.52. The van der Waals surface area contributed by atoms with Gasteiger partial charge in [0.2, 0.25) is 0 Å². The van der Waals surface area contributed by atoms with Gasteiger partial charge in [-0.2, -0.15) is 0 Å². The van der Waals surface area contributed by atoms with Gasteiger partial charge in [-0.25, -0.2) is 4.79 Å². The molecule has 0 bridgehead atoms. The minimum Gasteiger partial charge on any atom is -0.444 e. The van der Waals surface area contributed by atoms with Crippen LogP contribution in [0.4, 0.5) is 4.79 Å². The zero-order valence-corrected chi connectivity index (χ0v) is 12.3. The Morgan fingerprint density at radius 2 is 1.89 bits per heavy atom. The van der Waals surface area contributed by atoms with Crippen LogP contribution in [0, 0.1) is 17.3 Å². The van der Waals surface area contributed by atoms with Crippen molar-refractivity contribution in [2.24, 2.45) is 17.3 Å². The van der Waals surface area contributed by atoms with E-state index >= 15 is 0 Å². The van der Waals surface area contributed by atoms with Crippen LogP contribution in [-0.4, -0.2) is 24.0 Å². The quantitative estimate of drug-likeness (QED) is 0.843. The molecule has 4 nitrogen and oxygen atoms in total. The molecule has 1 rings (SSSR count). The van der Waals surface area contributed by atoms with Crippen LogP contribution < -0.4 is 5.32 Å². The summed E-state index contributed by atoms with van der Waals surface area (Å²) >= 11 is 0. The second kappa shape index (κ2) is 4.90. The van der Waals surface area contributed by atoms with E-state index < -0.39 is 5.60 Å². The van der Waals surface area contributed by atoms with Crippen LogP contribution in [0.5, 0.6) is 0 Å². The Hall–Kier alpha value is -1.06. The zero-order chi connectivity index (χ0) is 14.1. The summed E-state index contributed by atoms with van der Waals surface area (Å²) in [6.45, 7) is 11.9. The maximum Gasteiger partial charge on any atom is 0.407 e. The highest BCUT2D eigenvalue weighted by Crippen LogP contribution is 2.51. The van der Waals surface area contributed by atoms with E-state index in [1.807, 2.05) is 20.8 Å². The average molecular weight is 255 g/mol. The fraction of sp³-hybridized carbons (Fsp3) is 0.857. The van der Waals surface area contributed by atoms with Crippen molar-refractivity contribution in [3.8, 4) is 0 Å². The molecule has 0 aliphatic heterocycles. The van der Waals surface area contributed by atoms with Crippen molar-refractivity contribution in [2.75, 3.05) is 6.54 Å². The van der Waals surface area contributed by atoms with Gasteiger partial charge in [0.1, 0.15) is 11.4 Å². The summed E-state index contributed by atoms with van der Waals surface area (Å²) in [7, 11) is 0. The molecule has 0 radical (unpaired) electrons. The highest BCUT2D eigenvalue weighted by atomic mass is 16.6. The van der Waals surface area contributed by atoms with Gasteiger partial charge in [-0.15, -0.1) is 0 Å². The zero-order valence-electron chi connectivity index (χ0n) is 12.3. The summed E-state index contributed by atoms with van der Waals surface area (Å²) in [6.07, 6.45) is 0.475. The number of nitrogens with one attached hydrogen (secondary N) is 1. The summed E-state index contributed by atoms with van der Waals surface area (Å²) in [6, 6.07) is 0. The minimum atomic E-state index is -0.471. The highest BCUT2D eigenvalue weighted by Gasteiger charge is 2.49. The van der Waals surface area contributed by atoms with Crippen molar-refractivity contribution in [3.63, 3.8) is 0 Å². The van der Waals surface area contributed by atoms with Gasteiger partial charge in [0.15, 0.2) is 0 Å². The second-order valence-corrected chi connectivity index (χ2v) is 6.80. The van der Waals surface area contributed by atoms with Crippen molar-refractivity contribution < 1.29 is 14.3 Å². The van der Waals surface area contributed by atoms with E-state index in [-0.39, 0.29) is 23.2 Å². The molecule has 0 spiro atoms. The van der Waals surface area contributed by atoms with Gasteiger partial charge in [0.25, 0.3) is 0 Å². The normalized spacial score (nSPS) is 26.1. The monoisotopic (exact) mass is 255 g/mol. The number of hydrogen-bond donors (Lipinski definition) is 1. The van der Waals surface area contributed by atoms with Crippen LogP contribution in [0.3, 0.4) is 0 Å². The molecule has 0 heterocycles. The van der Waals surface area contributed by atoms with Crippen LogP contribution in [0.2, 0.25) is 0 Å². The molecular formula is C14H25NO3. The molecule has 1 aliphatic carbocycles. The number of rotatable bonds is 3. The molecule has 104 valence electrons. The van der Waals surface area contributed by atoms with Crippen LogP contribution in [-0.2, 0) is 9.53 Å². The molecule has 0 aromatic heterocycles. The van der Waals surface area contributed by atoms with Gasteiger partial charge in [-0.05, 0) is 45.4 Å². The van der Waals surface area contributed by atoms with Crippen molar-refractivity contribution in [2.45, 2.75) is 53.6 Å². The topological polar surface area (TPSA) is 55.4 Å². The van der Waals surface area contributed by atoms with Gasteiger partial charge < -0.3 is 10.1 Å². The summed E-state index contributed by atoms with van der Waals surface area (Å²) in [5, 5.41) is 2.78. The third kappa shape index (κ3) is 3.47. The van der Waals surface area contributed by atoms with Crippen LogP contribution >= 0.6 is 0 Å². The number of alkyl carbamates (subject to hydrolysis) is 1. The minimum absolute atomic E-state index is 0.0269. The van der Waals surface area contributed by atoms with Gasteiger partial charge in [0, 0.05) is 12.5 Å². The molecular weight excluding hydrogens is 230 g/mol. The Morgan fingerprint density at radius 3 is 2.28 bits per heavy atom. The molecule has 0 aromatic rings. The van der Waals surface area contributed by atoms with E-state index in [0.717, 1.165) is 6.42 Å². The van der Waals surface area contributed by atoms with E-state index in [2.05, 4.69) is 19.2 Å². The molecule has 1 amide bonds. The highest BCUT2D eigenvalue weighted by molar-refractivity contribution is 5.80. The smallest absolute Gasteiger partial charge is 0.407 e.